The molecule has 0 aliphatic carbocycles. The standard InChI is InChI=1S/C20H30N2O/c1-16-5-3-11-21(13-16)15-18-7-9-19(10-8-18)20(23)22-12-4-6-17(2)14-22/h7-10,16-17H,3-6,11-15H2,1-2H3/t16-,17-/m0/s1. The molecular formula is C20H30N2O. The SMILES string of the molecule is C[C@H]1CCCN(Cc2ccc(C(=O)N3CCC[C@H](C)C3)cc2)C1. The zero-order valence-electron chi connectivity index (χ0n) is 14.6. The molecule has 3 rings (SSSR count). The van der Waals surface area contributed by atoms with Gasteiger partial charge in [-0.1, -0.05) is 26.0 Å². The normalized spacial score (nSPS) is 26.3. The lowest BCUT2D eigenvalue weighted by Crippen LogP contribution is -2.39. The molecule has 0 bridgehead atoms. The van der Waals surface area contributed by atoms with Gasteiger partial charge in [0.2, 0.25) is 0 Å². The molecule has 0 radical (unpaired) electrons. The number of likely N-dealkylation sites (tertiary alicyclic amines) is 2. The molecular weight excluding hydrogens is 284 g/mol. The van der Waals surface area contributed by atoms with Crippen LogP contribution in [0.4, 0.5) is 0 Å². The lowest BCUT2D eigenvalue weighted by atomic mass is 9.99. The Hall–Kier alpha value is -1.35. The molecule has 3 nitrogen and oxygen atoms in total. The summed E-state index contributed by atoms with van der Waals surface area (Å²) in [5, 5.41) is 0. The van der Waals surface area contributed by atoms with Crippen molar-refractivity contribution in [3.05, 3.63) is 35.4 Å². The van der Waals surface area contributed by atoms with Crippen molar-refractivity contribution < 1.29 is 4.79 Å². The Labute approximate surface area is 140 Å². The van der Waals surface area contributed by atoms with Crippen LogP contribution in [0.15, 0.2) is 24.3 Å². The summed E-state index contributed by atoms with van der Waals surface area (Å²) in [5.74, 6) is 1.65. The van der Waals surface area contributed by atoms with Crippen LogP contribution in [0.5, 0.6) is 0 Å². The van der Waals surface area contributed by atoms with Crippen LogP contribution in [-0.4, -0.2) is 41.9 Å². The second-order valence-corrected chi connectivity index (χ2v) is 7.68. The molecule has 23 heavy (non-hydrogen) atoms. The van der Waals surface area contributed by atoms with Gasteiger partial charge in [-0.3, -0.25) is 9.69 Å². The lowest BCUT2D eigenvalue weighted by molar-refractivity contribution is 0.0683. The van der Waals surface area contributed by atoms with Crippen LogP contribution in [-0.2, 0) is 6.54 Å². The summed E-state index contributed by atoms with van der Waals surface area (Å²) in [6.45, 7) is 9.82. The minimum atomic E-state index is 0.203. The predicted octanol–water partition coefficient (Wildman–Crippen LogP) is 3.79. The van der Waals surface area contributed by atoms with Crippen molar-refractivity contribution in [2.75, 3.05) is 26.2 Å². The zero-order valence-corrected chi connectivity index (χ0v) is 14.6. The van der Waals surface area contributed by atoms with Crippen LogP contribution in [0, 0.1) is 11.8 Å². The molecule has 2 aliphatic heterocycles. The van der Waals surface area contributed by atoms with E-state index in [1.54, 1.807) is 0 Å². The van der Waals surface area contributed by atoms with Crippen molar-refractivity contribution in [2.45, 2.75) is 46.1 Å². The van der Waals surface area contributed by atoms with Gasteiger partial charge in [0, 0.05) is 31.7 Å². The fourth-order valence-electron chi connectivity index (χ4n) is 4.00. The molecule has 2 heterocycles. The Morgan fingerprint density at radius 1 is 1.00 bits per heavy atom. The number of piperidine rings is 2. The molecule has 0 spiro atoms. The van der Waals surface area contributed by atoms with Crippen molar-refractivity contribution in [3.8, 4) is 0 Å². The van der Waals surface area contributed by atoms with Crippen molar-refractivity contribution in [1.29, 1.82) is 0 Å². The average Bonchev–Trinajstić information content (AvgIpc) is 2.55. The molecule has 0 N–H and O–H groups in total. The molecule has 1 amide bonds. The number of hydrogen-bond acceptors (Lipinski definition) is 2. The van der Waals surface area contributed by atoms with E-state index in [0.29, 0.717) is 5.92 Å². The molecule has 2 saturated heterocycles. The van der Waals surface area contributed by atoms with Gasteiger partial charge in [0.1, 0.15) is 0 Å². The van der Waals surface area contributed by atoms with Gasteiger partial charge in [-0.15, -0.1) is 0 Å². The molecule has 0 saturated carbocycles. The molecule has 1 aromatic rings. The van der Waals surface area contributed by atoms with Gasteiger partial charge in [-0.25, -0.2) is 0 Å². The summed E-state index contributed by atoms with van der Waals surface area (Å²) in [4.78, 5) is 17.2. The van der Waals surface area contributed by atoms with E-state index >= 15 is 0 Å². The van der Waals surface area contributed by atoms with Crippen LogP contribution >= 0.6 is 0 Å². The zero-order chi connectivity index (χ0) is 16.2. The van der Waals surface area contributed by atoms with E-state index in [9.17, 15) is 4.79 Å². The highest BCUT2D eigenvalue weighted by atomic mass is 16.2. The largest absolute Gasteiger partial charge is 0.338 e. The third-order valence-corrected chi connectivity index (χ3v) is 5.29. The fraction of sp³-hybridized carbons (Fsp3) is 0.650. The maximum Gasteiger partial charge on any atom is 0.253 e. The van der Waals surface area contributed by atoms with Gasteiger partial charge in [0.25, 0.3) is 5.91 Å². The van der Waals surface area contributed by atoms with E-state index in [1.165, 1.54) is 37.9 Å². The van der Waals surface area contributed by atoms with E-state index in [-0.39, 0.29) is 5.91 Å². The number of hydrogen-bond donors (Lipinski definition) is 0. The first-order chi connectivity index (χ1) is 11.1. The number of amides is 1. The third-order valence-electron chi connectivity index (χ3n) is 5.29. The first-order valence-electron chi connectivity index (χ1n) is 9.22. The summed E-state index contributed by atoms with van der Waals surface area (Å²) in [6, 6.07) is 8.31. The van der Waals surface area contributed by atoms with E-state index in [2.05, 4.69) is 30.9 Å². The Bertz CT molecular complexity index is 525. The summed E-state index contributed by atoms with van der Waals surface area (Å²) in [7, 11) is 0. The first kappa shape index (κ1) is 16.5. The van der Waals surface area contributed by atoms with Crippen LogP contribution in [0.25, 0.3) is 0 Å². The highest BCUT2D eigenvalue weighted by molar-refractivity contribution is 5.94. The van der Waals surface area contributed by atoms with Crippen LogP contribution in [0.2, 0.25) is 0 Å². The predicted molar refractivity (Wildman–Crippen MR) is 94.4 cm³/mol. The van der Waals surface area contributed by atoms with Gasteiger partial charge in [0.05, 0.1) is 0 Å². The van der Waals surface area contributed by atoms with Crippen LogP contribution in [0.3, 0.4) is 0 Å². The maximum absolute atomic E-state index is 12.6. The maximum atomic E-state index is 12.6. The average molecular weight is 314 g/mol. The van der Waals surface area contributed by atoms with E-state index in [0.717, 1.165) is 37.5 Å². The van der Waals surface area contributed by atoms with Crippen LogP contribution < -0.4 is 0 Å². The molecule has 1 aromatic carbocycles. The number of nitrogens with zero attached hydrogens (tertiary/aromatic N) is 2. The number of rotatable bonds is 3. The van der Waals surface area contributed by atoms with Crippen molar-refractivity contribution in [3.63, 3.8) is 0 Å². The van der Waals surface area contributed by atoms with Gasteiger partial charge in [-0.05, 0) is 61.8 Å². The topological polar surface area (TPSA) is 23.6 Å². The van der Waals surface area contributed by atoms with E-state index in [4.69, 9.17) is 0 Å². The molecule has 0 aromatic heterocycles. The van der Waals surface area contributed by atoms with Gasteiger partial charge < -0.3 is 4.90 Å². The van der Waals surface area contributed by atoms with Gasteiger partial charge >= 0.3 is 0 Å². The Morgan fingerprint density at radius 2 is 1.65 bits per heavy atom. The van der Waals surface area contributed by atoms with Crippen LogP contribution in [0.1, 0.15) is 55.5 Å². The lowest BCUT2D eigenvalue weighted by Gasteiger charge is -2.31. The number of carbonyl (C=O) groups is 1. The monoisotopic (exact) mass is 314 g/mol. The summed E-state index contributed by atoms with van der Waals surface area (Å²) < 4.78 is 0. The van der Waals surface area contributed by atoms with Crippen molar-refractivity contribution >= 4 is 5.91 Å². The molecule has 2 fully saturated rings. The highest BCUT2D eigenvalue weighted by Crippen LogP contribution is 2.20. The van der Waals surface area contributed by atoms with Gasteiger partial charge in [0.15, 0.2) is 0 Å². The van der Waals surface area contributed by atoms with Gasteiger partial charge in [-0.2, -0.15) is 0 Å². The minimum Gasteiger partial charge on any atom is -0.338 e. The highest BCUT2D eigenvalue weighted by Gasteiger charge is 2.22. The second-order valence-electron chi connectivity index (χ2n) is 7.68. The Morgan fingerprint density at radius 3 is 2.30 bits per heavy atom. The molecule has 3 heteroatoms. The molecule has 126 valence electrons. The first-order valence-corrected chi connectivity index (χ1v) is 9.22. The number of carbonyl (C=O) groups excluding carboxylic acids is 1. The molecule has 2 aliphatic rings. The second kappa shape index (κ2) is 7.48. The number of benzene rings is 1. The Kier molecular flexibility index (Phi) is 5.37. The summed E-state index contributed by atoms with van der Waals surface area (Å²) in [5.41, 5.74) is 2.16. The van der Waals surface area contributed by atoms with Crippen molar-refractivity contribution in [2.24, 2.45) is 11.8 Å². The molecule has 2 atom stereocenters. The Balaban J connectivity index is 1.59. The van der Waals surface area contributed by atoms with E-state index < -0.39 is 0 Å². The quantitative estimate of drug-likeness (QED) is 0.847. The van der Waals surface area contributed by atoms with Crippen molar-refractivity contribution in [1.82, 2.24) is 9.80 Å². The fourth-order valence-corrected chi connectivity index (χ4v) is 4.00. The summed E-state index contributed by atoms with van der Waals surface area (Å²) >= 11 is 0. The van der Waals surface area contributed by atoms with E-state index in [1.807, 2.05) is 17.0 Å². The smallest absolute Gasteiger partial charge is 0.253 e. The minimum absolute atomic E-state index is 0.203. The molecule has 0 unspecified atom stereocenters. The summed E-state index contributed by atoms with van der Waals surface area (Å²) in [6.07, 6.45) is 5.05. The third kappa shape index (κ3) is 4.35.